The SMILES string of the molecule is Cc1noc([C@H](NC(=O)Nc2ccncc2)c2ccccc2)n1. The molecule has 2 N–H and O–H groups in total. The fraction of sp³-hybridized carbons (Fsp3) is 0.125. The molecule has 2 aromatic heterocycles. The summed E-state index contributed by atoms with van der Waals surface area (Å²) in [7, 11) is 0. The maximum Gasteiger partial charge on any atom is 0.320 e. The number of aromatic nitrogens is 3. The van der Waals surface area contributed by atoms with E-state index < -0.39 is 6.04 Å². The van der Waals surface area contributed by atoms with Crippen molar-refractivity contribution in [2.24, 2.45) is 0 Å². The molecular formula is C16H15N5O2. The van der Waals surface area contributed by atoms with Crippen LogP contribution in [0.25, 0.3) is 0 Å². The van der Waals surface area contributed by atoms with Crippen molar-refractivity contribution in [3.8, 4) is 0 Å². The van der Waals surface area contributed by atoms with E-state index in [1.807, 2.05) is 30.3 Å². The molecule has 23 heavy (non-hydrogen) atoms. The number of pyridine rings is 1. The van der Waals surface area contributed by atoms with Crippen LogP contribution < -0.4 is 10.6 Å². The van der Waals surface area contributed by atoms with Gasteiger partial charge in [0, 0.05) is 18.1 Å². The molecule has 7 heteroatoms. The highest BCUT2D eigenvalue weighted by molar-refractivity contribution is 5.89. The zero-order chi connectivity index (χ0) is 16.1. The molecule has 7 nitrogen and oxygen atoms in total. The summed E-state index contributed by atoms with van der Waals surface area (Å²) in [6.45, 7) is 1.73. The van der Waals surface area contributed by atoms with Gasteiger partial charge >= 0.3 is 6.03 Å². The second-order valence-electron chi connectivity index (χ2n) is 4.86. The van der Waals surface area contributed by atoms with E-state index in [-0.39, 0.29) is 6.03 Å². The van der Waals surface area contributed by atoms with E-state index in [1.165, 1.54) is 0 Å². The van der Waals surface area contributed by atoms with Crippen molar-refractivity contribution in [3.05, 3.63) is 72.1 Å². The highest BCUT2D eigenvalue weighted by atomic mass is 16.5. The Hall–Kier alpha value is -3.22. The maximum absolute atomic E-state index is 12.2. The van der Waals surface area contributed by atoms with E-state index in [4.69, 9.17) is 4.52 Å². The molecular weight excluding hydrogens is 294 g/mol. The van der Waals surface area contributed by atoms with Gasteiger partial charge in [-0.1, -0.05) is 35.5 Å². The number of carbonyl (C=O) groups is 1. The number of nitrogens with one attached hydrogen (secondary N) is 2. The summed E-state index contributed by atoms with van der Waals surface area (Å²) < 4.78 is 5.22. The van der Waals surface area contributed by atoms with Crippen LogP contribution in [0, 0.1) is 6.92 Å². The molecule has 0 saturated heterocycles. The van der Waals surface area contributed by atoms with Gasteiger partial charge in [-0.05, 0) is 24.6 Å². The molecule has 0 bridgehead atoms. The van der Waals surface area contributed by atoms with Crippen LogP contribution in [-0.2, 0) is 0 Å². The van der Waals surface area contributed by atoms with Gasteiger partial charge in [-0.3, -0.25) is 4.98 Å². The fourth-order valence-electron chi connectivity index (χ4n) is 2.10. The van der Waals surface area contributed by atoms with Crippen molar-refractivity contribution < 1.29 is 9.32 Å². The van der Waals surface area contributed by atoms with Crippen LogP contribution in [0.5, 0.6) is 0 Å². The fourth-order valence-corrected chi connectivity index (χ4v) is 2.10. The molecule has 0 aliphatic heterocycles. The summed E-state index contributed by atoms with van der Waals surface area (Å²) in [6.07, 6.45) is 3.21. The second-order valence-corrected chi connectivity index (χ2v) is 4.86. The van der Waals surface area contributed by atoms with Crippen LogP contribution in [0.3, 0.4) is 0 Å². The average Bonchev–Trinajstić information content (AvgIpc) is 3.00. The Labute approximate surface area is 132 Å². The predicted octanol–water partition coefficient (Wildman–Crippen LogP) is 2.68. The summed E-state index contributed by atoms with van der Waals surface area (Å²) in [5.74, 6) is 0.843. The van der Waals surface area contributed by atoms with Gasteiger partial charge in [0.25, 0.3) is 5.89 Å². The van der Waals surface area contributed by atoms with E-state index in [9.17, 15) is 4.79 Å². The Kier molecular flexibility index (Phi) is 4.28. The third-order valence-corrected chi connectivity index (χ3v) is 3.14. The minimum atomic E-state index is -0.528. The largest absolute Gasteiger partial charge is 0.337 e. The van der Waals surface area contributed by atoms with Crippen molar-refractivity contribution in [2.45, 2.75) is 13.0 Å². The zero-order valence-electron chi connectivity index (χ0n) is 12.4. The standard InChI is InChI=1S/C16H15N5O2/c1-11-18-15(23-21-11)14(12-5-3-2-4-6-12)20-16(22)19-13-7-9-17-10-8-13/h2-10,14H,1H3,(H2,17,19,20,22)/t14-/m1/s1. The first-order valence-electron chi connectivity index (χ1n) is 7.05. The monoisotopic (exact) mass is 309 g/mol. The number of anilines is 1. The van der Waals surface area contributed by atoms with E-state index in [0.29, 0.717) is 17.4 Å². The molecule has 116 valence electrons. The van der Waals surface area contributed by atoms with Crippen LogP contribution in [0.4, 0.5) is 10.5 Å². The lowest BCUT2D eigenvalue weighted by Crippen LogP contribution is -2.33. The molecule has 0 fully saturated rings. The van der Waals surface area contributed by atoms with Crippen LogP contribution in [0.1, 0.15) is 23.3 Å². The average molecular weight is 309 g/mol. The normalized spacial score (nSPS) is 11.7. The highest BCUT2D eigenvalue weighted by Gasteiger charge is 2.22. The Balaban J connectivity index is 1.80. The topological polar surface area (TPSA) is 92.9 Å². The van der Waals surface area contributed by atoms with Crippen LogP contribution >= 0.6 is 0 Å². The molecule has 2 amide bonds. The molecule has 0 aliphatic carbocycles. The number of benzene rings is 1. The molecule has 2 heterocycles. The Morgan fingerprint density at radius 3 is 2.52 bits per heavy atom. The molecule has 3 aromatic rings. The van der Waals surface area contributed by atoms with Crippen LogP contribution in [-0.4, -0.2) is 21.2 Å². The number of carbonyl (C=O) groups excluding carboxylic acids is 1. The number of rotatable bonds is 4. The molecule has 1 atom stereocenters. The second kappa shape index (κ2) is 6.69. The van der Waals surface area contributed by atoms with Crippen molar-refractivity contribution in [1.82, 2.24) is 20.4 Å². The van der Waals surface area contributed by atoms with E-state index >= 15 is 0 Å². The number of hydrogen-bond donors (Lipinski definition) is 2. The Bertz CT molecular complexity index is 773. The lowest BCUT2D eigenvalue weighted by atomic mass is 10.1. The lowest BCUT2D eigenvalue weighted by molar-refractivity contribution is 0.247. The van der Waals surface area contributed by atoms with Gasteiger partial charge in [0.15, 0.2) is 5.82 Å². The molecule has 0 spiro atoms. The van der Waals surface area contributed by atoms with Crippen molar-refractivity contribution >= 4 is 11.7 Å². The predicted molar refractivity (Wildman–Crippen MR) is 83.7 cm³/mol. The van der Waals surface area contributed by atoms with Crippen molar-refractivity contribution in [2.75, 3.05) is 5.32 Å². The van der Waals surface area contributed by atoms with Gasteiger partial charge in [-0.15, -0.1) is 0 Å². The smallest absolute Gasteiger partial charge is 0.320 e. The number of nitrogens with zero attached hydrogens (tertiary/aromatic N) is 3. The first-order valence-corrected chi connectivity index (χ1v) is 7.05. The van der Waals surface area contributed by atoms with Crippen LogP contribution in [0.15, 0.2) is 59.4 Å². The summed E-state index contributed by atoms with van der Waals surface area (Å²) in [5.41, 5.74) is 1.49. The summed E-state index contributed by atoms with van der Waals surface area (Å²) >= 11 is 0. The van der Waals surface area contributed by atoms with Gasteiger partial charge in [-0.25, -0.2) is 4.79 Å². The van der Waals surface area contributed by atoms with Gasteiger partial charge in [-0.2, -0.15) is 4.98 Å². The third kappa shape index (κ3) is 3.70. The quantitative estimate of drug-likeness (QED) is 0.773. The summed E-state index contributed by atoms with van der Waals surface area (Å²) in [5, 5.41) is 9.37. The Morgan fingerprint density at radius 1 is 1.13 bits per heavy atom. The zero-order valence-corrected chi connectivity index (χ0v) is 12.4. The molecule has 0 saturated carbocycles. The first-order chi connectivity index (χ1) is 11.2. The minimum absolute atomic E-state index is 0.332. The molecule has 0 radical (unpaired) electrons. The number of aryl methyl sites for hydroxylation is 1. The molecule has 0 unspecified atom stereocenters. The molecule has 1 aromatic carbocycles. The van der Waals surface area contributed by atoms with Gasteiger partial charge in [0.05, 0.1) is 0 Å². The lowest BCUT2D eigenvalue weighted by Gasteiger charge is -2.16. The van der Waals surface area contributed by atoms with Crippen molar-refractivity contribution in [1.29, 1.82) is 0 Å². The molecule has 3 rings (SSSR count). The Morgan fingerprint density at radius 2 is 1.87 bits per heavy atom. The summed E-state index contributed by atoms with van der Waals surface area (Å²) in [6, 6.07) is 11.9. The van der Waals surface area contributed by atoms with Gasteiger partial charge in [0.1, 0.15) is 6.04 Å². The summed E-state index contributed by atoms with van der Waals surface area (Å²) in [4.78, 5) is 20.4. The van der Waals surface area contributed by atoms with Crippen LogP contribution in [0.2, 0.25) is 0 Å². The van der Waals surface area contributed by atoms with E-state index in [1.54, 1.807) is 31.5 Å². The van der Waals surface area contributed by atoms with Gasteiger partial charge in [0.2, 0.25) is 0 Å². The molecule has 0 aliphatic rings. The van der Waals surface area contributed by atoms with Crippen molar-refractivity contribution in [3.63, 3.8) is 0 Å². The number of urea groups is 1. The first kappa shape index (κ1) is 14.7. The highest BCUT2D eigenvalue weighted by Crippen LogP contribution is 2.20. The number of amides is 2. The van der Waals surface area contributed by atoms with E-state index in [0.717, 1.165) is 5.56 Å². The van der Waals surface area contributed by atoms with E-state index in [2.05, 4.69) is 25.8 Å². The van der Waals surface area contributed by atoms with Gasteiger partial charge < -0.3 is 15.2 Å². The minimum Gasteiger partial charge on any atom is -0.337 e. The number of hydrogen-bond acceptors (Lipinski definition) is 5. The third-order valence-electron chi connectivity index (χ3n) is 3.14. The maximum atomic E-state index is 12.2.